The minimum Gasteiger partial charge on any atom is -0.530 e. The molecule has 0 saturated carbocycles. The van der Waals surface area contributed by atoms with Gasteiger partial charge in [0.15, 0.2) is 0 Å². The zero-order valence-electron chi connectivity index (χ0n) is 16.5. The molecule has 1 N–H and O–H groups in total. The van der Waals surface area contributed by atoms with Crippen LogP contribution in [0.3, 0.4) is 0 Å². The Kier molecular flexibility index (Phi) is 7.32. The summed E-state index contributed by atoms with van der Waals surface area (Å²) in [6.07, 6.45) is -0.848. The van der Waals surface area contributed by atoms with Gasteiger partial charge >= 0.3 is 0 Å². The second kappa shape index (κ2) is 10.1. The molecule has 29 heavy (non-hydrogen) atoms. The van der Waals surface area contributed by atoms with Crippen LogP contribution >= 0.6 is 0 Å². The van der Waals surface area contributed by atoms with Gasteiger partial charge < -0.3 is 34.1 Å². The van der Waals surface area contributed by atoms with E-state index >= 15 is 0 Å². The number of piperidine rings is 1. The summed E-state index contributed by atoms with van der Waals surface area (Å²) < 4.78 is 17.0. The Bertz CT molecular complexity index is 794. The Morgan fingerprint density at radius 3 is 2.66 bits per heavy atom. The highest BCUT2D eigenvalue weighted by molar-refractivity contribution is 5.62. The number of ether oxygens (including phenoxy) is 3. The first-order valence-electron chi connectivity index (χ1n) is 9.65. The molecule has 0 spiro atoms. The SMILES string of the molecule is COc1ccccc1COC1CN(C(=O)[O-])CCC1c1ccc(OCCO)cc1. The van der Waals surface area contributed by atoms with Gasteiger partial charge in [0.1, 0.15) is 24.2 Å². The van der Waals surface area contributed by atoms with Crippen molar-refractivity contribution in [1.29, 1.82) is 0 Å². The Hall–Kier alpha value is -2.77. The van der Waals surface area contributed by atoms with Gasteiger partial charge in [-0.1, -0.05) is 30.3 Å². The Morgan fingerprint density at radius 2 is 1.97 bits per heavy atom. The molecule has 1 fully saturated rings. The second-order valence-electron chi connectivity index (χ2n) is 6.91. The molecule has 7 nitrogen and oxygen atoms in total. The van der Waals surface area contributed by atoms with Crippen LogP contribution in [0.15, 0.2) is 48.5 Å². The van der Waals surface area contributed by atoms with Crippen molar-refractivity contribution in [3.8, 4) is 11.5 Å². The zero-order chi connectivity index (χ0) is 20.6. The fourth-order valence-electron chi connectivity index (χ4n) is 3.63. The van der Waals surface area contributed by atoms with Gasteiger partial charge in [-0.2, -0.15) is 0 Å². The topological polar surface area (TPSA) is 91.3 Å². The summed E-state index contributed by atoms with van der Waals surface area (Å²) in [4.78, 5) is 12.7. The number of carbonyl (C=O) groups is 1. The molecule has 7 heteroatoms. The van der Waals surface area contributed by atoms with E-state index in [1.54, 1.807) is 7.11 Å². The summed E-state index contributed by atoms with van der Waals surface area (Å²) in [5.74, 6) is 1.47. The van der Waals surface area contributed by atoms with E-state index in [-0.39, 0.29) is 31.8 Å². The lowest BCUT2D eigenvalue weighted by Gasteiger charge is -2.40. The van der Waals surface area contributed by atoms with Crippen LogP contribution in [0.4, 0.5) is 4.79 Å². The number of methoxy groups -OCH3 is 1. The highest BCUT2D eigenvalue weighted by Gasteiger charge is 2.31. The minimum absolute atomic E-state index is 0.0394. The fourth-order valence-corrected chi connectivity index (χ4v) is 3.63. The molecule has 1 aliphatic heterocycles. The number of aliphatic hydroxyl groups is 1. The average Bonchev–Trinajstić information content (AvgIpc) is 2.76. The number of benzene rings is 2. The molecule has 2 aromatic carbocycles. The van der Waals surface area contributed by atoms with E-state index in [4.69, 9.17) is 19.3 Å². The van der Waals surface area contributed by atoms with Crippen molar-refractivity contribution in [2.75, 3.05) is 33.4 Å². The van der Waals surface area contributed by atoms with Gasteiger partial charge in [0, 0.05) is 24.6 Å². The van der Waals surface area contributed by atoms with E-state index in [1.165, 1.54) is 4.90 Å². The zero-order valence-corrected chi connectivity index (χ0v) is 16.5. The van der Waals surface area contributed by atoms with Crippen LogP contribution in [-0.2, 0) is 11.3 Å². The molecule has 0 radical (unpaired) electrons. The number of nitrogens with zero attached hydrogens (tertiary/aromatic N) is 1. The van der Waals surface area contributed by atoms with Crippen LogP contribution in [0.5, 0.6) is 11.5 Å². The molecule has 0 bridgehead atoms. The van der Waals surface area contributed by atoms with Crippen LogP contribution in [0.2, 0.25) is 0 Å². The van der Waals surface area contributed by atoms with E-state index in [2.05, 4.69) is 0 Å². The standard InChI is InChI=1S/C22H27NO6/c1-27-20-5-3-2-4-17(20)15-29-21-14-23(22(25)26)11-10-19(21)16-6-8-18(9-7-16)28-13-12-24/h2-9,19,21,24H,10-15H2,1H3,(H,25,26)/p-1. The maximum absolute atomic E-state index is 11.4. The summed E-state index contributed by atoms with van der Waals surface area (Å²) >= 11 is 0. The fraction of sp³-hybridized carbons (Fsp3) is 0.409. The Labute approximate surface area is 170 Å². The molecule has 1 amide bonds. The van der Waals surface area contributed by atoms with Gasteiger partial charge in [-0.3, -0.25) is 0 Å². The van der Waals surface area contributed by atoms with Crippen molar-refractivity contribution < 1.29 is 29.2 Å². The Morgan fingerprint density at radius 1 is 1.21 bits per heavy atom. The smallest absolute Gasteiger partial charge is 0.137 e. The highest BCUT2D eigenvalue weighted by Crippen LogP contribution is 2.32. The first-order chi connectivity index (χ1) is 14.1. The lowest BCUT2D eigenvalue weighted by atomic mass is 9.87. The predicted molar refractivity (Wildman–Crippen MR) is 105 cm³/mol. The normalized spacial score (nSPS) is 19.0. The molecule has 1 aliphatic rings. The first-order valence-corrected chi connectivity index (χ1v) is 9.65. The highest BCUT2D eigenvalue weighted by atomic mass is 16.5. The second-order valence-corrected chi connectivity index (χ2v) is 6.91. The molecule has 0 aliphatic carbocycles. The van der Waals surface area contributed by atoms with Gasteiger partial charge in [-0.25, -0.2) is 0 Å². The predicted octanol–water partition coefficient (Wildman–Crippen LogP) is 1.78. The van der Waals surface area contributed by atoms with Crippen LogP contribution < -0.4 is 14.6 Å². The number of hydrogen-bond donors (Lipinski definition) is 1. The van der Waals surface area contributed by atoms with Gasteiger partial charge in [0.25, 0.3) is 0 Å². The van der Waals surface area contributed by atoms with Crippen molar-refractivity contribution >= 4 is 6.09 Å². The Balaban J connectivity index is 1.74. The summed E-state index contributed by atoms with van der Waals surface area (Å²) in [5.41, 5.74) is 1.97. The number of para-hydroxylation sites is 1. The molecule has 156 valence electrons. The van der Waals surface area contributed by atoms with Gasteiger partial charge in [-0.05, 0) is 30.2 Å². The maximum Gasteiger partial charge on any atom is 0.137 e. The third-order valence-corrected chi connectivity index (χ3v) is 5.13. The quantitative estimate of drug-likeness (QED) is 0.726. The van der Waals surface area contributed by atoms with E-state index < -0.39 is 6.09 Å². The van der Waals surface area contributed by atoms with Gasteiger partial charge in [0.05, 0.1) is 26.4 Å². The minimum atomic E-state index is -1.18. The molecule has 2 aromatic rings. The molecule has 1 saturated heterocycles. The summed E-state index contributed by atoms with van der Waals surface area (Å²) in [6, 6.07) is 15.2. The number of rotatable bonds is 8. The van der Waals surface area contributed by atoms with Gasteiger partial charge in [0.2, 0.25) is 0 Å². The third kappa shape index (κ3) is 5.40. The average molecular weight is 400 g/mol. The monoisotopic (exact) mass is 400 g/mol. The summed E-state index contributed by atoms with van der Waals surface area (Å²) in [7, 11) is 1.61. The van der Waals surface area contributed by atoms with Crippen LogP contribution in [0.1, 0.15) is 23.5 Å². The van der Waals surface area contributed by atoms with Crippen LogP contribution in [0, 0.1) is 0 Å². The van der Waals surface area contributed by atoms with E-state index in [1.807, 2.05) is 48.5 Å². The summed E-state index contributed by atoms with van der Waals surface area (Å²) in [5, 5.41) is 20.2. The van der Waals surface area contributed by atoms with Crippen molar-refractivity contribution in [2.24, 2.45) is 0 Å². The van der Waals surface area contributed by atoms with Crippen LogP contribution in [0.25, 0.3) is 0 Å². The van der Waals surface area contributed by atoms with Gasteiger partial charge in [-0.15, -0.1) is 0 Å². The molecule has 0 aromatic heterocycles. The van der Waals surface area contributed by atoms with Crippen molar-refractivity contribution in [3.63, 3.8) is 0 Å². The summed E-state index contributed by atoms with van der Waals surface area (Å²) in [6.45, 7) is 1.19. The molecule has 1 heterocycles. The number of aliphatic hydroxyl groups excluding tert-OH is 1. The molecule has 2 atom stereocenters. The van der Waals surface area contributed by atoms with Crippen LogP contribution in [-0.4, -0.2) is 55.6 Å². The molecule has 2 unspecified atom stereocenters. The largest absolute Gasteiger partial charge is 0.530 e. The first kappa shape index (κ1) is 21.0. The van der Waals surface area contributed by atoms with Crippen molar-refractivity contribution in [1.82, 2.24) is 4.90 Å². The lowest BCUT2D eigenvalue weighted by Crippen LogP contribution is -2.51. The molecular formula is C22H26NO6-. The van der Waals surface area contributed by atoms with Crippen molar-refractivity contribution in [2.45, 2.75) is 25.0 Å². The van der Waals surface area contributed by atoms with Crippen molar-refractivity contribution in [3.05, 3.63) is 59.7 Å². The maximum atomic E-state index is 11.4. The number of carbonyl (C=O) groups excluding carboxylic acids is 1. The third-order valence-electron chi connectivity index (χ3n) is 5.13. The van der Waals surface area contributed by atoms with E-state index in [9.17, 15) is 9.90 Å². The lowest BCUT2D eigenvalue weighted by molar-refractivity contribution is -0.268. The van der Waals surface area contributed by atoms with E-state index in [0.29, 0.717) is 25.3 Å². The number of likely N-dealkylation sites (tertiary alicyclic amines) is 1. The number of amides is 1. The number of carboxylic acid groups (broad SMARTS) is 1. The molecule has 3 rings (SSSR count). The number of hydrogen-bond acceptors (Lipinski definition) is 6. The van der Waals surface area contributed by atoms with E-state index in [0.717, 1.165) is 16.9 Å². The molecular weight excluding hydrogens is 374 g/mol.